The number of nitrogens with one attached hydrogen (secondary N) is 2. The summed E-state index contributed by atoms with van der Waals surface area (Å²) in [5, 5.41) is 6.22. The number of carbonyl (C=O) groups is 1. The Morgan fingerprint density at radius 2 is 2.29 bits per heavy atom. The molecule has 6 heteroatoms. The molecule has 1 fully saturated rings. The summed E-state index contributed by atoms with van der Waals surface area (Å²) >= 11 is 0. The van der Waals surface area contributed by atoms with Crippen LogP contribution in [0.15, 0.2) is 18.2 Å². The van der Waals surface area contributed by atoms with Gasteiger partial charge in [-0.3, -0.25) is 4.79 Å². The summed E-state index contributed by atoms with van der Waals surface area (Å²) in [6, 6.07) is 4.17. The van der Waals surface area contributed by atoms with E-state index in [-0.39, 0.29) is 22.8 Å². The summed E-state index contributed by atoms with van der Waals surface area (Å²) in [6.45, 7) is 1.90. The minimum atomic E-state index is -0.546. The molecule has 2 rings (SSSR count). The highest BCUT2D eigenvalue weighted by atomic mass is 19.1. The maximum atomic E-state index is 13.6. The maximum absolute atomic E-state index is 13.6. The molecule has 0 bridgehead atoms. The molecule has 0 radical (unpaired) electrons. The van der Waals surface area contributed by atoms with Gasteiger partial charge in [0.05, 0.1) is 19.3 Å². The monoisotopic (exact) mass is 296 g/mol. The fourth-order valence-corrected chi connectivity index (χ4v) is 2.63. The van der Waals surface area contributed by atoms with Crippen LogP contribution in [0.3, 0.4) is 0 Å². The predicted molar refractivity (Wildman–Crippen MR) is 77.1 cm³/mol. The highest BCUT2D eigenvalue weighted by Crippen LogP contribution is 2.20. The number of hydrogen-bond donors (Lipinski definition) is 2. The molecule has 0 aliphatic carbocycles. The number of halogens is 1. The van der Waals surface area contributed by atoms with E-state index in [1.54, 1.807) is 13.2 Å². The Bertz CT molecular complexity index is 502. The third-order valence-corrected chi connectivity index (χ3v) is 3.75. The SMILES string of the molecule is COCC1(CNC(=O)c2ccc(OC)c(F)c2)CCCN1. The van der Waals surface area contributed by atoms with Gasteiger partial charge >= 0.3 is 0 Å². The zero-order valence-corrected chi connectivity index (χ0v) is 12.4. The molecule has 1 unspecified atom stereocenters. The van der Waals surface area contributed by atoms with Crippen LogP contribution in [0.2, 0.25) is 0 Å². The van der Waals surface area contributed by atoms with E-state index in [4.69, 9.17) is 9.47 Å². The highest BCUT2D eigenvalue weighted by molar-refractivity contribution is 5.94. The molecule has 2 N–H and O–H groups in total. The molecule has 0 spiro atoms. The third-order valence-electron chi connectivity index (χ3n) is 3.75. The molecule has 1 aromatic rings. The van der Waals surface area contributed by atoms with Crippen molar-refractivity contribution in [3.63, 3.8) is 0 Å². The fourth-order valence-electron chi connectivity index (χ4n) is 2.63. The lowest BCUT2D eigenvalue weighted by Gasteiger charge is -2.29. The molecule has 1 aliphatic heterocycles. The van der Waals surface area contributed by atoms with Crippen LogP contribution in [0.4, 0.5) is 4.39 Å². The minimum absolute atomic E-state index is 0.125. The van der Waals surface area contributed by atoms with Crippen LogP contribution >= 0.6 is 0 Å². The lowest BCUT2D eigenvalue weighted by molar-refractivity contribution is 0.0891. The second-order valence-electron chi connectivity index (χ2n) is 5.28. The van der Waals surface area contributed by atoms with E-state index < -0.39 is 5.82 Å². The van der Waals surface area contributed by atoms with Crippen molar-refractivity contribution in [3.8, 4) is 5.75 Å². The van der Waals surface area contributed by atoms with E-state index >= 15 is 0 Å². The average Bonchev–Trinajstić information content (AvgIpc) is 2.94. The second kappa shape index (κ2) is 6.87. The highest BCUT2D eigenvalue weighted by Gasteiger charge is 2.33. The Kier molecular flexibility index (Phi) is 5.14. The number of amides is 1. The molecule has 21 heavy (non-hydrogen) atoms. The molecule has 0 saturated carbocycles. The summed E-state index contributed by atoms with van der Waals surface area (Å²) in [5.41, 5.74) is 0.0500. The van der Waals surface area contributed by atoms with Crippen LogP contribution in [-0.2, 0) is 4.74 Å². The molecule has 1 aromatic carbocycles. The molecule has 0 aromatic heterocycles. The van der Waals surface area contributed by atoms with Gasteiger partial charge in [0.25, 0.3) is 5.91 Å². The first-order valence-corrected chi connectivity index (χ1v) is 6.96. The van der Waals surface area contributed by atoms with Crippen molar-refractivity contribution >= 4 is 5.91 Å². The summed E-state index contributed by atoms with van der Waals surface area (Å²) < 4.78 is 23.7. The third kappa shape index (κ3) is 3.71. The Balaban J connectivity index is 1.99. The van der Waals surface area contributed by atoms with E-state index in [2.05, 4.69) is 10.6 Å². The molecule has 116 valence electrons. The van der Waals surface area contributed by atoms with Gasteiger partial charge in [-0.15, -0.1) is 0 Å². The second-order valence-corrected chi connectivity index (χ2v) is 5.28. The number of methoxy groups -OCH3 is 2. The van der Waals surface area contributed by atoms with Gasteiger partial charge < -0.3 is 20.1 Å². The van der Waals surface area contributed by atoms with E-state index in [0.29, 0.717) is 13.2 Å². The van der Waals surface area contributed by atoms with E-state index in [1.165, 1.54) is 19.2 Å². The van der Waals surface area contributed by atoms with Crippen LogP contribution in [0.1, 0.15) is 23.2 Å². The summed E-state index contributed by atoms with van der Waals surface area (Å²) in [5.74, 6) is -0.726. The number of benzene rings is 1. The molecule has 1 saturated heterocycles. The Hall–Kier alpha value is -1.66. The van der Waals surface area contributed by atoms with Gasteiger partial charge in [-0.25, -0.2) is 4.39 Å². The lowest BCUT2D eigenvalue weighted by atomic mass is 9.98. The summed E-state index contributed by atoms with van der Waals surface area (Å²) in [4.78, 5) is 12.1. The molecule has 5 nitrogen and oxygen atoms in total. The number of ether oxygens (including phenoxy) is 2. The van der Waals surface area contributed by atoms with E-state index in [1.807, 2.05) is 0 Å². The van der Waals surface area contributed by atoms with E-state index in [9.17, 15) is 9.18 Å². The zero-order chi connectivity index (χ0) is 15.3. The quantitative estimate of drug-likeness (QED) is 0.831. The van der Waals surface area contributed by atoms with Gasteiger partial charge in [0.2, 0.25) is 0 Å². The van der Waals surface area contributed by atoms with Gasteiger partial charge in [-0.2, -0.15) is 0 Å². The van der Waals surface area contributed by atoms with Crippen molar-refractivity contribution < 1.29 is 18.7 Å². The molecule has 1 heterocycles. The Morgan fingerprint density at radius 1 is 1.48 bits per heavy atom. The smallest absolute Gasteiger partial charge is 0.251 e. The van der Waals surface area contributed by atoms with Gasteiger partial charge in [-0.05, 0) is 37.6 Å². The van der Waals surface area contributed by atoms with Crippen molar-refractivity contribution in [2.24, 2.45) is 0 Å². The molecule has 1 atom stereocenters. The van der Waals surface area contributed by atoms with Crippen molar-refractivity contribution in [3.05, 3.63) is 29.6 Å². The van der Waals surface area contributed by atoms with Crippen LogP contribution < -0.4 is 15.4 Å². The first-order valence-electron chi connectivity index (χ1n) is 6.96. The fraction of sp³-hybridized carbons (Fsp3) is 0.533. The van der Waals surface area contributed by atoms with Crippen molar-refractivity contribution in [1.29, 1.82) is 0 Å². The largest absolute Gasteiger partial charge is 0.494 e. The number of rotatable bonds is 6. The van der Waals surface area contributed by atoms with Gasteiger partial charge in [0.15, 0.2) is 11.6 Å². The number of hydrogen-bond acceptors (Lipinski definition) is 4. The van der Waals surface area contributed by atoms with Crippen LogP contribution in [-0.4, -0.2) is 45.4 Å². The molecular formula is C15H21FN2O3. The predicted octanol–water partition coefficient (Wildman–Crippen LogP) is 1.33. The lowest BCUT2D eigenvalue weighted by Crippen LogP contribution is -2.53. The van der Waals surface area contributed by atoms with Crippen LogP contribution in [0, 0.1) is 5.82 Å². The van der Waals surface area contributed by atoms with Crippen LogP contribution in [0.25, 0.3) is 0 Å². The summed E-state index contributed by atoms with van der Waals surface area (Å²) in [7, 11) is 3.03. The average molecular weight is 296 g/mol. The van der Waals surface area contributed by atoms with Crippen molar-refractivity contribution in [1.82, 2.24) is 10.6 Å². The van der Waals surface area contributed by atoms with E-state index in [0.717, 1.165) is 19.4 Å². The normalized spacial score (nSPS) is 21.3. The maximum Gasteiger partial charge on any atom is 0.251 e. The van der Waals surface area contributed by atoms with Crippen molar-refractivity contribution in [2.45, 2.75) is 18.4 Å². The first-order chi connectivity index (χ1) is 10.1. The minimum Gasteiger partial charge on any atom is -0.494 e. The Morgan fingerprint density at radius 3 is 2.86 bits per heavy atom. The van der Waals surface area contributed by atoms with Gasteiger partial charge in [-0.1, -0.05) is 0 Å². The molecular weight excluding hydrogens is 275 g/mol. The topological polar surface area (TPSA) is 59.6 Å². The molecule has 1 amide bonds. The Labute approximate surface area is 123 Å². The summed E-state index contributed by atoms with van der Waals surface area (Å²) in [6.07, 6.45) is 1.99. The number of carbonyl (C=O) groups excluding carboxylic acids is 1. The standard InChI is InChI=1S/C15H21FN2O3/c1-20-10-15(6-3-7-18-15)9-17-14(19)11-4-5-13(21-2)12(16)8-11/h4-5,8,18H,3,6-7,9-10H2,1-2H3,(H,17,19). The zero-order valence-electron chi connectivity index (χ0n) is 12.4. The van der Waals surface area contributed by atoms with Crippen molar-refractivity contribution in [2.75, 3.05) is 33.9 Å². The van der Waals surface area contributed by atoms with Crippen LogP contribution in [0.5, 0.6) is 5.75 Å². The first kappa shape index (κ1) is 15.7. The van der Waals surface area contributed by atoms with Gasteiger partial charge in [0, 0.05) is 19.2 Å². The molecule has 1 aliphatic rings. The van der Waals surface area contributed by atoms with Gasteiger partial charge in [0.1, 0.15) is 0 Å².